The van der Waals surface area contributed by atoms with Gasteiger partial charge in [0, 0.05) is 74.4 Å². The highest BCUT2D eigenvalue weighted by atomic mass is 127. The lowest BCUT2D eigenvalue weighted by Gasteiger charge is -2.30. The van der Waals surface area contributed by atoms with Crippen molar-refractivity contribution in [2.75, 3.05) is 91.4 Å². The molecule has 0 saturated heterocycles. The van der Waals surface area contributed by atoms with E-state index in [1.54, 1.807) is 136 Å². The number of hydrogen-bond acceptors (Lipinski definition) is 26. The molecule has 0 heterocycles. The summed E-state index contributed by atoms with van der Waals surface area (Å²) in [5.74, 6) is -5.16. The number of carbonyl (C=O) groups excluding carboxylic acids is 6. The van der Waals surface area contributed by atoms with Crippen LogP contribution in [0.15, 0.2) is 0 Å². The summed E-state index contributed by atoms with van der Waals surface area (Å²) >= 11 is 10.2. The zero-order valence-electron chi connectivity index (χ0n) is 47.2. The number of nitrogens with zero attached hydrogens (tertiary/aromatic N) is 4. The van der Waals surface area contributed by atoms with Gasteiger partial charge in [-0.25, -0.2) is 0 Å². The summed E-state index contributed by atoms with van der Waals surface area (Å²) in [5, 5.41) is 207. The van der Waals surface area contributed by atoms with Crippen LogP contribution in [0.5, 0.6) is 0 Å². The van der Waals surface area contributed by atoms with Gasteiger partial charge >= 0.3 is 0 Å². The molecule has 88 heavy (non-hydrogen) atoms. The third-order valence-electron chi connectivity index (χ3n) is 13.6. The summed E-state index contributed by atoms with van der Waals surface area (Å²) in [5.41, 5.74) is -1.22. The van der Waals surface area contributed by atoms with Gasteiger partial charge in [0.15, 0.2) is 0 Å². The fourth-order valence-electron chi connectivity index (χ4n) is 8.18. The smallest absolute Gasteiger partial charge is 0.255 e. The molecule has 0 bridgehead atoms. The molecule has 16 atom stereocenters. The predicted molar refractivity (Wildman–Crippen MR) is 357 cm³/mol. The van der Waals surface area contributed by atoms with E-state index in [2.05, 4.69) is 10.6 Å². The van der Waals surface area contributed by atoms with Gasteiger partial charge in [-0.05, 0) is 148 Å². The zero-order valence-corrected chi connectivity index (χ0v) is 60.1. The molecule has 2 rings (SSSR count). The second-order valence-corrected chi connectivity index (χ2v) is 26.8. The number of benzene rings is 2. The second-order valence-electron chi connectivity index (χ2n) is 20.4. The Morgan fingerprint density at radius 3 is 0.659 bits per heavy atom. The number of aliphatic hydroxyl groups is 20. The SMILES string of the molecule is CN(CC(O)C(O)C(O)C(O)CO)C(=O)c1c(I)c(NC(=O)CCCCC(=O)Nc2c(I)c(C(=O)N(C)CC(O)C(O)C(O)C(O)CO)c(I)c(C(=O)N(C)CC(O)C(O)C(O)C(O)CO)c2I)c(I)c(C(=O)N(C)CC(O)C(O)C(O)C(O)CO)c1I. The first-order valence-electron chi connectivity index (χ1n) is 26.2. The van der Waals surface area contributed by atoms with Crippen molar-refractivity contribution in [3.05, 3.63) is 43.7 Å². The number of anilines is 2. The summed E-state index contributed by atoms with van der Waals surface area (Å²) < 4.78 is 0.0167. The molecule has 502 valence electrons. The number of carbonyl (C=O) groups is 6. The summed E-state index contributed by atoms with van der Waals surface area (Å²) in [7, 11) is 4.70. The highest BCUT2D eigenvalue weighted by molar-refractivity contribution is 14.1. The van der Waals surface area contributed by atoms with Gasteiger partial charge in [-0.2, -0.15) is 0 Å². The largest absolute Gasteiger partial charge is 0.394 e. The molecule has 2 aromatic carbocycles. The summed E-state index contributed by atoms with van der Waals surface area (Å²) in [6.07, 6.45) is -32.4. The summed E-state index contributed by atoms with van der Waals surface area (Å²) in [4.78, 5) is 88.5. The number of rotatable bonds is 35. The van der Waals surface area contributed by atoms with Gasteiger partial charge in [-0.1, -0.05) is 0 Å². The van der Waals surface area contributed by atoms with E-state index in [4.69, 9.17) is 0 Å². The lowest BCUT2D eigenvalue weighted by atomic mass is 10.0. The maximum absolute atomic E-state index is 14.3. The van der Waals surface area contributed by atoms with Crippen molar-refractivity contribution in [2.45, 2.75) is 123 Å². The van der Waals surface area contributed by atoms with Crippen molar-refractivity contribution in [1.82, 2.24) is 19.6 Å². The third kappa shape index (κ3) is 21.7. The first-order chi connectivity index (χ1) is 40.8. The van der Waals surface area contributed by atoms with Crippen LogP contribution in [0.2, 0.25) is 0 Å². The van der Waals surface area contributed by atoms with Gasteiger partial charge in [0.1, 0.15) is 97.7 Å². The minimum Gasteiger partial charge on any atom is -0.394 e. The number of nitrogens with one attached hydrogen (secondary N) is 2. The maximum atomic E-state index is 14.3. The quantitative estimate of drug-likeness (QED) is 0.0225. The van der Waals surface area contributed by atoms with Crippen molar-refractivity contribution in [1.29, 1.82) is 0 Å². The van der Waals surface area contributed by atoms with Gasteiger partial charge in [0.25, 0.3) is 23.6 Å². The van der Waals surface area contributed by atoms with Crippen molar-refractivity contribution in [3.8, 4) is 0 Å². The molecule has 22 N–H and O–H groups in total. The van der Waals surface area contributed by atoms with Gasteiger partial charge in [-0.3, -0.25) is 28.8 Å². The molecule has 0 aliphatic rings. The first kappa shape index (κ1) is 82.9. The predicted octanol–water partition coefficient (Wildman–Crippen LogP) is -6.52. The van der Waals surface area contributed by atoms with E-state index in [9.17, 15) is 131 Å². The van der Waals surface area contributed by atoms with Gasteiger partial charge in [-0.15, -0.1) is 0 Å². The van der Waals surface area contributed by atoms with E-state index in [0.29, 0.717) is 0 Å². The zero-order chi connectivity index (χ0) is 67.8. The highest BCUT2D eigenvalue weighted by Gasteiger charge is 2.39. The Balaban J connectivity index is 2.61. The molecule has 32 nitrogen and oxygen atoms in total. The fourth-order valence-corrected chi connectivity index (χ4v) is 16.9. The number of halogens is 6. The first-order valence-corrected chi connectivity index (χ1v) is 32.6. The van der Waals surface area contributed by atoms with Crippen LogP contribution in [0.3, 0.4) is 0 Å². The van der Waals surface area contributed by atoms with E-state index in [1.807, 2.05) is 0 Å². The van der Waals surface area contributed by atoms with Gasteiger partial charge in [0.2, 0.25) is 11.8 Å². The lowest BCUT2D eigenvalue weighted by molar-refractivity contribution is -0.118. The minimum absolute atomic E-state index is 0.0196. The Morgan fingerprint density at radius 2 is 0.489 bits per heavy atom. The third-order valence-corrected chi connectivity index (χ3v) is 20.1. The molecule has 0 saturated carbocycles. The van der Waals surface area contributed by atoms with E-state index in [0.717, 1.165) is 19.6 Å². The van der Waals surface area contributed by atoms with Crippen molar-refractivity contribution < 1.29 is 131 Å². The lowest BCUT2D eigenvalue weighted by Crippen LogP contribution is -2.50. The number of likely N-dealkylation sites (N-methyl/N-ethyl adjacent to an activating group) is 4. The summed E-state index contributed by atoms with van der Waals surface area (Å²) in [6.45, 7) is -6.79. The van der Waals surface area contributed by atoms with E-state index in [-0.39, 0.29) is 80.7 Å². The topological polar surface area (TPSA) is 544 Å². The van der Waals surface area contributed by atoms with Crippen LogP contribution in [0.25, 0.3) is 0 Å². The van der Waals surface area contributed by atoms with Gasteiger partial charge < -0.3 is 132 Å². The van der Waals surface area contributed by atoms with Crippen LogP contribution >= 0.6 is 136 Å². The van der Waals surface area contributed by atoms with E-state index < -0.39 is 186 Å². The Hall–Kier alpha value is -1.16. The molecule has 0 fully saturated rings. The standard InChI is InChI=1S/C50H74I6N6O26/c1-59(9-17(67)39(77)43(81)21(71)13-63)47(85)27-31(51)28(48(86)60(2)10-18(68)40(78)44(82)22(72)14-64)34(54)37(33(27)53)57-25(75)7-5-6-8-26(76)58-38-35(55)29(49(87)61(3)11-19(69)41(79)45(83)23(73)15-65)32(52)30(36(38)56)50(88)62(4)12-20(70)42(80)46(84)24(74)16-66/h17-24,39-46,63-74,77-84H,5-16H2,1-4H3,(H,57,75)(H,58,76). The van der Waals surface area contributed by atoms with Crippen molar-refractivity contribution in [2.24, 2.45) is 0 Å². The second kappa shape index (κ2) is 38.4. The number of aliphatic hydroxyl groups excluding tert-OH is 20. The molecule has 2 aromatic rings. The van der Waals surface area contributed by atoms with E-state index in [1.165, 1.54) is 28.2 Å². The fraction of sp³-hybridized carbons (Fsp3) is 0.640. The Bertz CT molecular complexity index is 2390. The molecule has 0 radical (unpaired) electrons. The molecule has 6 amide bonds. The monoisotopic (exact) mass is 1940 g/mol. The normalized spacial score (nSPS) is 17.3. The number of unbranched alkanes of at least 4 members (excludes halogenated alkanes) is 1. The van der Waals surface area contributed by atoms with Crippen LogP contribution in [-0.2, 0) is 9.59 Å². The molecule has 16 unspecified atom stereocenters. The molecular formula is C50H74I6N6O26. The molecule has 0 aromatic heterocycles. The molecule has 0 spiro atoms. The summed E-state index contributed by atoms with van der Waals surface area (Å²) in [6, 6.07) is 0. The Labute approximate surface area is 585 Å². The van der Waals surface area contributed by atoms with Gasteiger partial charge in [0.05, 0.1) is 74.3 Å². The Kier molecular flexibility index (Phi) is 36.2. The highest BCUT2D eigenvalue weighted by Crippen LogP contribution is 2.39. The van der Waals surface area contributed by atoms with Crippen LogP contribution in [0.4, 0.5) is 11.4 Å². The molecule has 0 aliphatic heterocycles. The molecular weight excluding hydrogens is 1860 g/mol. The maximum Gasteiger partial charge on any atom is 0.255 e. The minimum atomic E-state index is -2.08. The Morgan fingerprint density at radius 1 is 0.318 bits per heavy atom. The average Bonchev–Trinajstić information content (AvgIpc) is 0.791. The van der Waals surface area contributed by atoms with Crippen molar-refractivity contribution >= 4 is 182 Å². The van der Waals surface area contributed by atoms with Crippen LogP contribution in [0, 0.1) is 21.4 Å². The number of hydrogen-bond donors (Lipinski definition) is 22. The molecule has 0 aliphatic carbocycles. The van der Waals surface area contributed by atoms with Crippen LogP contribution in [0.1, 0.15) is 67.1 Å². The van der Waals surface area contributed by atoms with Crippen molar-refractivity contribution in [3.63, 3.8) is 0 Å². The molecule has 38 heteroatoms. The number of amides is 6. The van der Waals surface area contributed by atoms with Crippen LogP contribution < -0.4 is 10.6 Å². The van der Waals surface area contributed by atoms with E-state index >= 15 is 0 Å². The van der Waals surface area contributed by atoms with Crippen LogP contribution in [-0.4, -0.2) is 336 Å². The average molecular weight is 1940 g/mol.